The smallest absolute Gasteiger partial charge is 0.276 e. The monoisotopic (exact) mass is 468 g/mol. The van der Waals surface area contributed by atoms with Crippen LogP contribution in [0.4, 0.5) is 0 Å². The standard InChI is InChI=1S/C27H29ClO5/c1-20-24(30-17-21-11-5-2-6-12-21)25(31-18-22-13-7-3-8-14-22)26(27(28,29)33-20)32-19-23-15-9-4-10-16-23/h2-16,20,24-26,29H,17-19H2,1H3/t20-,24+,25+,26-,27-/m0/s1. The Labute approximate surface area is 199 Å². The first-order valence-corrected chi connectivity index (χ1v) is 11.5. The van der Waals surface area contributed by atoms with Gasteiger partial charge in [0.05, 0.1) is 25.9 Å². The third-order valence-electron chi connectivity index (χ3n) is 5.63. The van der Waals surface area contributed by atoms with Gasteiger partial charge in [0.25, 0.3) is 5.25 Å². The van der Waals surface area contributed by atoms with Crippen LogP contribution in [0, 0.1) is 0 Å². The zero-order valence-electron chi connectivity index (χ0n) is 18.5. The molecule has 1 heterocycles. The summed E-state index contributed by atoms with van der Waals surface area (Å²) in [6.07, 6.45) is -2.66. The van der Waals surface area contributed by atoms with Crippen LogP contribution in [0.2, 0.25) is 0 Å². The average Bonchev–Trinajstić information content (AvgIpc) is 2.83. The minimum Gasteiger partial charge on any atom is -0.368 e. The number of rotatable bonds is 9. The lowest BCUT2D eigenvalue weighted by Crippen LogP contribution is -2.63. The lowest BCUT2D eigenvalue weighted by molar-refractivity contribution is -0.328. The van der Waals surface area contributed by atoms with Crippen molar-refractivity contribution in [3.05, 3.63) is 108 Å². The molecule has 3 aromatic rings. The summed E-state index contributed by atoms with van der Waals surface area (Å²) < 4.78 is 24.4. The molecule has 0 aliphatic carbocycles. The zero-order chi connectivity index (χ0) is 23.1. The molecule has 1 fully saturated rings. The molecule has 4 rings (SSSR count). The van der Waals surface area contributed by atoms with Crippen LogP contribution in [0.25, 0.3) is 0 Å². The molecule has 0 saturated carbocycles. The molecule has 1 aliphatic rings. The number of hydrogen-bond acceptors (Lipinski definition) is 5. The largest absolute Gasteiger partial charge is 0.368 e. The van der Waals surface area contributed by atoms with Gasteiger partial charge in [-0.25, -0.2) is 0 Å². The molecule has 0 aromatic heterocycles. The molecule has 0 spiro atoms. The first-order chi connectivity index (χ1) is 16.0. The topological polar surface area (TPSA) is 57.2 Å². The van der Waals surface area contributed by atoms with Crippen LogP contribution in [0.3, 0.4) is 0 Å². The van der Waals surface area contributed by atoms with E-state index in [9.17, 15) is 5.11 Å². The Hall–Kier alpha value is -2.25. The quantitative estimate of drug-likeness (QED) is 0.445. The van der Waals surface area contributed by atoms with Gasteiger partial charge in [-0.1, -0.05) is 103 Å². The van der Waals surface area contributed by atoms with E-state index in [1.807, 2.05) is 97.9 Å². The maximum Gasteiger partial charge on any atom is 0.276 e. The van der Waals surface area contributed by atoms with Crippen LogP contribution < -0.4 is 0 Å². The molecule has 0 amide bonds. The van der Waals surface area contributed by atoms with Crippen molar-refractivity contribution in [3.63, 3.8) is 0 Å². The number of aliphatic hydroxyl groups is 1. The van der Waals surface area contributed by atoms with Crippen molar-refractivity contribution in [2.75, 3.05) is 0 Å². The first kappa shape index (κ1) is 23.9. The molecular weight excluding hydrogens is 440 g/mol. The average molecular weight is 469 g/mol. The molecule has 5 nitrogen and oxygen atoms in total. The predicted molar refractivity (Wildman–Crippen MR) is 126 cm³/mol. The van der Waals surface area contributed by atoms with Crippen LogP contribution in [0.1, 0.15) is 23.6 Å². The highest BCUT2D eigenvalue weighted by Gasteiger charge is 2.54. The van der Waals surface area contributed by atoms with E-state index in [1.165, 1.54) is 0 Å². The Morgan fingerprint density at radius 1 is 0.697 bits per heavy atom. The normalized spacial score (nSPS) is 27.4. The maximum atomic E-state index is 10.9. The van der Waals surface area contributed by atoms with Gasteiger partial charge in [0.1, 0.15) is 12.2 Å². The van der Waals surface area contributed by atoms with Gasteiger partial charge in [0.15, 0.2) is 6.10 Å². The van der Waals surface area contributed by atoms with Gasteiger partial charge in [-0.2, -0.15) is 0 Å². The van der Waals surface area contributed by atoms with E-state index >= 15 is 0 Å². The summed E-state index contributed by atoms with van der Waals surface area (Å²) in [4.78, 5) is 0. The van der Waals surface area contributed by atoms with Crippen molar-refractivity contribution in [2.45, 2.75) is 56.4 Å². The first-order valence-electron chi connectivity index (χ1n) is 11.1. The van der Waals surface area contributed by atoms with Crippen LogP contribution in [0.5, 0.6) is 0 Å². The molecule has 0 radical (unpaired) electrons. The maximum absolute atomic E-state index is 10.9. The predicted octanol–water partition coefficient (Wildman–Crippen LogP) is 5.05. The molecule has 1 N–H and O–H groups in total. The fraction of sp³-hybridized carbons (Fsp3) is 0.333. The summed E-state index contributed by atoms with van der Waals surface area (Å²) in [7, 11) is 0. The van der Waals surface area contributed by atoms with Gasteiger partial charge in [0.2, 0.25) is 0 Å². The van der Waals surface area contributed by atoms with E-state index in [-0.39, 0.29) is 6.61 Å². The fourth-order valence-electron chi connectivity index (χ4n) is 3.94. The van der Waals surface area contributed by atoms with E-state index in [0.29, 0.717) is 13.2 Å². The molecule has 0 bridgehead atoms. The van der Waals surface area contributed by atoms with E-state index in [0.717, 1.165) is 16.7 Å². The lowest BCUT2D eigenvalue weighted by Gasteiger charge is -2.46. The number of ether oxygens (including phenoxy) is 4. The second-order valence-electron chi connectivity index (χ2n) is 8.17. The van der Waals surface area contributed by atoms with Crippen LogP contribution in [-0.2, 0) is 38.8 Å². The fourth-order valence-corrected chi connectivity index (χ4v) is 4.27. The zero-order valence-corrected chi connectivity index (χ0v) is 19.3. The SMILES string of the molecule is C[C@@H]1O[C@](O)(Cl)[C@@H](OCc2ccccc2)[C@H](OCc2ccccc2)[C@@H]1OCc1ccccc1. The van der Waals surface area contributed by atoms with E-state index in [1.54, 1.807) is 0 Å². The molecule has 0 unspecified atom stereocenters. The molecule has 1 saturated heterocycles. The Morgan fingerprint density at radius 3 is 1.55 bits per heavy atom. The summed E-state index contributed by atoms with van der Waals surface area (Å²) in [5.74, 6) is 0. The molecule has 5 atom stereocenters. The highest BCUT2D eigenvalue weighted by Crippen LogP contribution is 2.37. The van der Waals surface area contributed by atoms with Crippen molar-refractivity contribution < 1.29 is 24.1 Å². The highest BCUT2D eigenvalue weighted by atomic mass is 35.5. The summed E-state index contributed by atoms with van der Waals surface area (Å²) in [5, 5.41) is 8.88. The summed E-state index contributed by atoms with van der Waals surface area (Å²) >= 11 is 6.43. The van der Waals surface area contributed by atoms with Crippen LogP contribution in [-0.4, -0.2) is 34.8 Å². The number of hydrogen-bond donors (Lipinski definition) is 1. The minimum absolute atomic E-state index is 0.245. The Kier molecular flexibility index (Phi) is 8.15. The van der Waals surface area contributed by atoms with Crippen LogP contribution >= 0.6 is 11.6 Å². The molecule has 1 aliphatic heterocycles. The molecular formula is C27H29ClO5. The van der Waals surface area contributed by atoms with Gasteiger partial charge >= 0.3 is 0 Å². The molecule has 174 valence electrons. The van der Waals surface area contributed by atoms with Crippen molar-refractivity contribution in [2.24, 2.45) is 0 Å². The van der Waals surface area contributed by atoms with E-state index < -0.39 is 29.7 Å². The summed E-state index contributed by atoms with van der Waals surface area (Å²) in [6.45, 7) is 2.75. The van der Waals surface area contributed by atoms with Gasteiger partial charge in [-0.3, -0.25) is 0 Å². The second kappa shape index (κ2) is 11.3. The molecule has 6 heteroatoms. The Bertz CT molecular complexity index is 968. The van der Waals surface area contributed by atoms with E-state index in [2.05, 4.69) is 0 Å². The lowest BCUT2D eigenvalue weighted by atomic mass is 9.98. The number of halogens is 1. The molecule has 3 aromatic carbocycles. The second-order valence-corrected chi connectivity index (χ2v) is 8.71. The third-order valence-corrected chi connectivity index (χ3v) is 5.93. The van der Waals surface area contributed by atoms with Gasteiger partial charge in [-0.15, -0.1) is 0 Å². The van der Waals surface area contributed by atoms with E-state index in [4.69, 9.17) is 30.5 Å². The number of benzene rings is 3. The van der Waals surface area contributed by atoms with Gasteiger partial charge in [-0.05, 0) is 23.6 Å². The van der Waals surface area contributed by atoms with Gasteiger partial charge < -0.3 is 24.1 Å². The van der Waals surface area contributed by atoms with Crippen LogP contribution in [0.15, 0.2) is 91.0 Å². The third kappa shape index (κ3) is 6.42. The van der Waals surface area contributed by atoms with Crippen molar-refractivity contribution >= 4 is 11.6 Å². The highest BCUT2D eigenvalue weighted by molar-refractivity contribution is 6.22. The van der Waals surface area contributed by atoms with Crippen molar-refractivity contribution in [3.8, 4) is 0 Å². The summed E-state index contributed by atoms with van der Waals surface area (Å²) in [6, 6.07) is 29.4. The summed E-state index contributed by atoms with van der Waals surface area (Å²) in [5.41, 5.74) is 2.98. The van der Waals surface area contributed by atoms with Crippen molar-refractivity contribution in [1.29, 1.82) is 0 Å². The minimum atomic E-state index is -2.05. The van der Waals surface area contributed by atoms with Crippen molar-refractivity contribution in [1.82, 2.24) is 0 Å². The molecule has 33 heavy (non-hydrogen) atoms. The number of alkyl halides is 1. The Balaban J connectivity index is 1.55. The Morgan fingerprint density at radius 2 is 1.09 bits per heavy atom. The van der Waals surface area contributed by atoms with Gasteiger partial charge in [0, 0.05) is 0 Å².